The minimum absolute atomic E-state index is 0.0390. The number of aromatic nitrogens is 1. The minimum Gasteiger partial charge on any atom is -0.484 e. The van der Waals surface area contributed by atoms with Gasteiger partial charge in [0.15, 0.2) is 6.61 Å². The molecule has 0 aliphatic heterocycles. The first kappa shape index (κ1) is 15.2. The van der Waals surface area contributed by atoms with Crippen LogP contribution in [0.1, 0.15) is 5.56 Å². The molecule has 118 valence electrons. The highest BCUT2D eigenvalue weighted by atomic mass is 16.5. The van der Waals surface area contributed by atoms with Crippen LogP contribution in [0.25, 0.3) is 10.9 Å². The highest BCUT2D eigenvalue weighted by molar-refractivity contribution is 5.80. The molecular formula is C19H20N2O2. The van der Waals surface area contributed by atoms with E-state index in [2.05, 4.69) is 28.1 Å². The Bertz CT molecular complexity index is 808. The first-order valence-electron chi connectivity index (χ1n) is 7.73. The summed E-state index contributed by atoms with van der Waals surface area (Å²) in [6.45, 7) is 3.32. The fourth-order valence-electron chi connectivity index (χ4n) is 2.56. The number of benzene rings is 2. The van der Waals surface area contributed by atoms with Crippen molar-refractivity contribution in [1.82, 2.24) is 9.88 Å². The summed E-state index contributed by atoms with van der Waals surface area (Å²) in [7, 11) is 0. The lowest BCUT2D eigenvalue weighted by Gasteiger charge is -2.10. The smallest absolute Gasteiger partial charge is 0.258 e. The van der Waals surface area contributed by atoms with Crippen molar-refractivity contribution in [2.24, 2.45) is 0 Å². The van der Waals surface area contributed by atoms with E-state index in [1.807, 2.05) is 49.5 Å². The van der Waals surface area contributed by atoms with Crippen molar-refractivity contribution in [1.29, 1.82) is 0 Å². The molecule has 0 aliphatic carbocycles. The Morgan fingerprint density at radius 1 is 1.09 bits per heavy atom. The molecule has 1 N–H and O–H groups in total. The van der Waals surface area contributed by atoms with E-state index >= 15 is 0 Å². The van der Waals surface area contributed by atoms with Gasteiger partial charge < -0.3 is 14.6 Å². The van der Waals surface area contributed by atoms with E-state index in [4.69, 9.17) is 4.74 Å². The summed E-state index contributed by atoms with van der Waals surface area (Å²) in [4.78, 5) is 11.9. The van der Waals surface area contributed by atoms with Crippen LogP contribution in [-0.2, 0) is 11.3 Å². The molecule has 3 aromatic rings. The molecule has 0 fully saturated rings. The van der Waals surface area contributed by atoms with Crippen LogP contribution in [0.15, 0.2) is 60.8 Å². The molecule has 1 aromatic heterocycles. The highest BCUT2D eigenvalue weighted by Gasteiger charge is 2.05. The molecule has 4 nitrogen and oxygen atoms in total. The van der Waals surface area contributed by atoms with E-state index in [9.17, 15) is 4.79 Å². The average Bonchev–Trinajstić information content (AvgIpc) is 2.98. The maximum Gasteiger partial charge on any atom is 0.258 e. The Balaban J connectivity index is 1.47. The summed E-state index contributed by atoms with van der Waals surface area (Å²) in [6, 6.07) is 18.0. The third-order valence-corrected chi connectivity index (χ3v) is 3.81. The van der Waals surface area contributed by atoms with Gasteiger partial charge in [0.05, 0.1) is 0 Å². The van der Waals surface area contributed by atoms with Gasteiger partial charge in [-0.05, 0) is 36.1 Å². The van der Waals surface area contributed by atoms with E-state index in [0.717, 1.165) is 17.9 Å². The van der Waals surface area contributed by atoms with Gasteiger partial charge in [-0.2, -0.15) is 0 Å². The van der Waals surface area contributed by atoms with Crippen LogP contribution in [-0.4, -0.2) is 23.6 Å². The maximum absolute atomic E-state index is 11.9. The zero-order chi connectivity index (χ0) is 16.1. The molecule has 0 bridgehead atoms. The van der Waals surface area contributed by atoms with Crippen LogP contribution in [0.4, 0.5) is 0 Å². The van der Waals surface area contributed by atoms with Crippen molar-refractivity contribution in [2.45, 2.75) is 13.5 Å². The van der Waals surface area contributed by atoms with Crippen molar-refractivity contribution < 1.29 is 9.53 Å². The third-order valence-electron chi connectivity index (χ3n) is 3.81. The summed E-state index contributed by atoms with van der Waals surface area (Å²) in [5.74, 6) is 0.642. The van der Waals surface area contributed by atoms with Crippen molar-refractivity contribution in [3.8, 4) is 5.75 Å². The Kier molecular flexibility index (Phi) is 4.62. The van der Waals surface area contributed by atoms with Gasteiger partial charge in [-0.25, -0.2) is 0 Å². The third kappa shape index (κ3) is 3.72. The van der Waals surface area contributed by atoms with Gasteiger partial charge >= 0.3 is 0 Å². The molecule has 0 aliphatic rings. The van der Waals surface area contributed by atoms with Gasteiger partial charge in [0.2, 0.25) is 0 Å². The zero-order valence-electron chi connectivity index (χ0n) is 13.2. The second-order valence-corrected chi connectivity index (χ2v) is 5.47. The number of hydrogen-bond donors (Lipinski definition) is 1. The summed E-state index contributed by atoms with van der Waals surface area (Å²) in [5, 5.41) is 4.10. The molecule has 3 rings (SSSR count). The number of fused-ring (bicyclic) bond motifs is 1. The van der Waals surface area contributed by atoms with E-state index in [1.54, 1.807) is 0 Å². The van der Waals surface area contributed by atoms with Crippen molar-refractivity contribution >= 4 is 16.8 Å². The number of ether oxygens (including phenoxy) is 1. The molecule has 0 saturated heterocycles. The lowest BCUT2D eigenvalue weighted by atomic mass is 10.2. The summed E-state index contributed by atoms with van der Waals surface area (Å²) >= 11 is 0. The molecule has 4 heteroatoms. The minimum atomic E-state index is -0.107. The fraction of sp³-hybridized carbons (Fsp3) is 0.211. The molecule has 1 heterocycles. The quantitative estimate of drug-likeness (QED) is 0.760. The van der Waals surface area contributed by atoms with Gasteiger partial charge in [-0.1, -0.05) is 36.4 Å². The largest absolute Gasteiger partial charge is 0.484 e. The van der Waals surface area contributed by atoms with Gasteiger partial charge in [0.1, 0.15) is 5.75 Å². The maximum atomic E-state index is 11.9. The number of para-hydroxylation sites is 2. The molecule has 23 heavy (non-hydrogen) atoms. The lowest BCUT2D eigenvalue weighted by molar-refractivity contribution is -0.123. The predicted octanol–water partition coefficient (Wildman–Crippen LogP) is 3.14. The number of nitrogens with zero attached hydrogens (tertiary/aromatic N) is 1. The van der Waals surface area contributed by atoms with Gasteiger partial charge in [-0.15, -0.1) is 0 Å². The summed E-state index contributed by atoms with van der Waals surface area (Å²) in [6.07, 6.45) is 2.04. The first-order chi connectivity index (χ1) is 11.2. The second kappa shape index (κ2) is 7.01. The van der Waals surface area contributed by atoms with Crippen LogP contribution in [0.2, 0.25) is 0 Å². The Hall–Kier alpha value is -2.75. The zero-order valence-corrected chi connectivity index (χ0v) is 13.2. The highest BCUT2D eigenvalue weighted by Crippen LogP contribution is 2.16. The summed E-state index contributed by atoms with van der Waals surface area (Å²) < 4.78 is 7.67. The van der Waals surface area contributed by atoms with Crippen LogP contribution in [0, 0.1) is 6.92 Å². The summed E-state index contributed by atoms with van der Waals surface area (Å²) in [5.41, 5.74) is 2.21. The van der Waals surface area contributed by atoms with Crippen molar-refractivity contribution in [2.75, 3.05) is 13.2 Å². The van der Waals surface area contributed by atoms with Crippen LogP contribution < -0.4 is 10.1 Å². The van der Waals surface area contributed by atoms with E-state index in [0.29, 0.717) is 6.54 Å². The van der Waals surface area contributed by atoms with E-state index in [-0.39, 0.29) is 12.5 Å². The van der Waals surface area contributed by atoms with Crippen molar-refractivity contribution in [3.05, 3.63) is 66.4 Å². The van der Waals surface area contributed by atoms with Gasteiger partial charge in [0.25, 0.3) is 5.91 Å². The number of amides is 1. The predicted molar refractivity (Wildman–Crippen MR) is 91.6 cm³/mol. The second-order valence-electron chi connectivity index (χ2n) is 5.47. The Morgan fingerprint density at radius 3 is 2.74 bits per heavy atom. The van der Waals surface area contributed by atoms with Crippen LogP contribution >= 0.6 is 0 Å². The lowest BCUT2D eigenvalue weighted by Crippen LogP contribution is -2.31. The van der Waals surface area contributed by atoms with E-state index < -0.39 is 0 Å². The Labute approximate surface area is 135 Å². The standard InChI is InChI=1S/C19H20N2O2/c1-15-6-2-5-9-18(15)23-14-19(22)20-11-13-21-12-10-16-7-3-4-8-17(16)21/h2-10,12H,11,13-14H2,1H3,(H,20,22). The molecule has 0 saturated carbocycles. The van der Waals surface area contributed by atoms with Crippen LogP contribution in [0.3, 0.4) is 0 Å². The number of aryl methyl sites for hydroxylation is 1. The number of carbonyl (C=O) groups excluding carboxylic acids is 1. The normalized spacial score (nSPS) is 10.7. The van der Waals surface area contributed by atoms with Crippen molar-refractivity contribution in [3.63, 3.8) is 0 Å². The topological polar surface area (TPSA) is 43.3 Å². The molecule has 0 unspecified atom stereocenters. The molecule has 0 radical (unpaired) electrons. The average molecular weight is 308 g/mol. The Morgan fingerprint density at radius 2 is 1.87 bits per heavy atom. The van der Waals surface area contributed by atoms with E-state index in [1.165, 1.54) is 10.9 Å². The number of nitrogens with one attached hydrogen (secondary N) is 1. The van der Waals surface area contributed by atoms with Crippen LogP contribution in [0.5, 0.6) is 5.75 Å². The number of carbonyl (C=O) groups is 1. The monoisotopic (exact) mass is 308 g/mol. The number of hydrogen-bond acceptors (Lipinski definition) is 2. The molecule has 2 aromatic carbocycles. The molecule has 0 spiro atoms. The SMILES string of the molecule is Cc1ccccc1OCC(=O)NCCn1ccc2ccccc21. The molecule has 1 amide bonds. The van der Waals surface area contributed by atoms with Gasteiger partial charge in [-0.3, -0.25) is 4.79 Å². The molecular weight excluding hydrogens is 288 g/mol. The molecule has 0 atom stereocenters. The van der Waals surface area contributed by atoms with Gasteiger partial charge in [0, 0.05) is 24.8 Å². The number of rotatable bonds is 6. The fourth-order valence-corrected chi connectivity index (χ4v) is 2.56. The first-order valence-corrected chi connectivity index (χ1v) is 7.73.